The lowest BCUT2D eigenvalue weighted by atomic mass is 9.82. The summed E-state index contributed by atoms with van der Waals surface area (Å²) in [5.74, 6) is 4.04. The molecule has 4 nitrogen and oxygen atoms in total. The Morgan fingerprint density at radius 3 is 2.33 bits per heavy atom. The van der Waals surface area contributed by atoms with E-state index in [0.717, 1.165) is 43.7 Å². The number of aliphatic hydroxyl groups is 1. The van der Waals surface area contributed by atoms with Gasteiger partial charge in [-0.2, -0.15) is 0 Å². The molecule has 1 saturated carbocycles. The smallest absolute Gasteiger partial charge is 0.193 e. The van der Waals surface area contributed by atoms with Gasteiger partial charge in [0.05, 0.1) is 0 Å². The van der Waals surface area contributed by atoms with Crippen molar-refractivity contribution in [2.24, 2.45) is 28.7 Å². The molecule has 5 heteroatoms. The van der Waals surface area contributed by atoms with Gasteiger partial charge in [0.25, 0.3) is 0 Å². The van der Waals surface area contributed by atoms with Gasteiger partial charge in [0, 0.05) is 32.8 Å². The second kappa shape index (κ2) is 11.6. The molecule has 3 atom stereocenters. The molecule has 0 spiro atoms. The summed E-state index contributed by atoms with van der Waals surface area (Å²) in [6, 6.07) is 0. The number of halogens is 1. The van der Waals surface area contributed by atoms with Gasteiger partial charge in [0.2, 0.25) is 0 Å². The third kappa shape index (κ3) is 6.70. The zero-order valence-corrected chi connectivity index (χ0v) is 18.2. The van der Waals surface area contributed by atoms with E-state index in [1.165, 1.54) is 38.8 Å². The Kier molecular flexibility index (Phi) is 10.6. The van der Waals surface area contributed by atoms with Gasteiger partial charge in [-0.25, -0.2) is 0 Å². The Labute approximate surface area is 165 Å². The van der Waals surface area contributed by atoms with Crippen molar-refractivity contribution in [1.82, 2.24) is 10.2 Å². The van der Waals surface area contributed by atoms with Crippen LogP contribution in [-0.4, -0.2) is 48.8 Å². The average molecular weight is 451 g/mol. The Balaban J connectivity index is 0.00000288. The van der Waals surface area contributed by atoms with E-state index in [-0.39, 0.29) is 30.6 Å². The minimum Gasteiger partial charge on any atom is -0.396 e. The topological polar surface area (TPSA) is 47.9 Å². The van der Waals surface area contributed by atoms with Gasteiger partial charge in [0.15, 0.2) is 5.96 Å². The predicted molar refractivity (Wildman–Crippen MR) is 113 cm³/mol. The Hall–Kier alpha value is -0.0400. The Morgan fingerprint density at radius 2 is 1.83 bits per heavy atom. The van der Waals surface area contributed by atoms with Gasteiger partial charge < -0.3 is 15.3 Å². The number of aliphatic hydroxyl groups excluding tert-OH is 1. The van der Waals surface area contributed by atoms with E-state index >= 15 is 0 Å². The van der Waals surface area contributed by atoms with Crippen LogP contribution in [0.1, 0.15) is 59.3 Å². The summed E-state index contributed by atoms with van der Waals surface area (Å²) in [5.41, 5.74) is 0. The number of guanidine groups is 1. The van der Waals surface area contributed by atoms with Gasteiger partial charge >= 0.3 is 0 Å². The van der Waals surface area contributed by atoms with E-state index in [0.29, 0.717) is 11.8 Å². The summed E-state index contributed by atoms with van der Waals surface area (Å²) >= 11 is 0. The largest absolute Gasteiger partial charge is 0.396 e. The maximum atomic E-state index is 9.30. The van der Waals surface area contributed by atoms with Crippen molar-refractivity contribution in [3.63, 3.8) is 0 Å². The fraction of sp³-hybridized carbons (Fsp3) is 0.947. The standard InChI is InChI=1S/C19H37N3O.HI/c1-4-20-19(21-12-16(9-10-23)11-15(2)3)22-13-17-7-5-6-8-18(17)14-22;/h15-18,23H,4-14H2,1-3H3,(H,20,21);1H. The van der Waals surface area contributed by atoms with Crippen LogP contribution in [0.25, 0.3) is 0 Å². The van der Waals surface area contributed by atoms with Gasteiger partial charge in [-0.15, -0.1) is 24.0 Å². The zero-order valence-electron chi connectivity index (χ0n) is 15.8. The number of fused-ring (bicyclic) bond motifs is 1. The monoisotopic (exact) mass is 451 g/mol. The van der Waals surface area contributed by atoms with Crippen molar-refractivity contribution in [2.75, 3.05) is 32.8 Å². The molecule has 3 unspecified atom stereocenters. The van der Waals surface area contributed by atoms with E-state index in [4.69, 9.17) is 4.99 Å². The molecular formula is C19H38IN3O. The highest BCUT2D eigenvalue weighted by Gasteiger charge is 2.35. The summed E-state index contributed by atoms with van der Waals surface area (Å²) in [4.78, 5) is 7.44. The molecule has 2 aliphatic rings. The van der Waals surface area contributed by atoms with Crippen molar-refractivity contribution in [3.05, 3.63) is 0 Å². The maximum Gasteiger partial charge on any atom is 0.193 e. The van der Waals surface area contributed by atoms with Crippen molar-refractivity contribution in [1.29, 1.82) is 0 Å². The molecule has 1 heterocycles. The fourth-order valence-corrected chi connectivity index (χ4v) is 4.35. The first-order valence-electron chi connectivity index (χ1n) is 9.78. The quantitative estimate of drug-likeness (QED) is 0.352. The number of nitrogens with zero attached hydrogens (tertiary/aromatic N) is 2. The van der Waals surface area contributed by atoms with Crippen molar-refractivity contribution in [3.8, 4) is 0 Å². The SMILES string of the molecule is CCNC(=NCC(CCO)CC(C)C)N1CC2CCCCC2C1.I. The van der Waals surface area contributed by atoms with E-state index in [9.17, 15) is 5.11 Å². The lowest BCUT2D eigenvalue weighted by Gasteiger charge is -2.23. The van der Waals surface area contributed by atoms with Crippen molar-refractivity contribution in [2.45, 2.75) is 59.3 Å². The summed E-state index contributed by atoms with van der Waals surface area (Å²) < 4.78 is 0. The molecule has 0 aromatic rings. The second-order valence-electron chi connectivity index (χ2n) is 7.91. The third-order valence-corrected chi connectivity index (χ3v) is 5.45. The lowest BCUT2D eigenvalue weighted by molar-refractivity contribution is 0.245. The zero-order chi connectivity index (χ0) is 16.7. The first-order chi connectivity index (χ1) is 11.1. The molecule has 0 aromatic carbocycles. The number of likely N-dealkylation sites (tertiary alicyclic amines) is 1. The second-order valence-corrected chi connectivity index (χ2v) is 7.91. The van der Waals surface area contributed by atoms with Crippen LogP contribution in [0.5, 0.6) is 0 Å². The van der Waals surface area contributed by atoms with Gasteiger partial charge in [-0.3, -0.25) is 4.99 Å². The first-order valence-corrected chi connectivity index (χ1v) is 9.78. The Bertz CT molecular complexity index is 362. The minimum absolute atomic E-state index is 0. The Morgan fingerprint density at radius 1 is 1.21 bits per heavy atom. The minimum atomic E-state index is 0. The number of rotatable bonds is 7. The summed E-state index contributed by atoms with van der Waals surface area (Å²) in [6.07, 6.45) is 7.65. The van der Waals surface area contributed by atoms with E-state index in [1.54, 1.807) is 0 Å². The summed E-state index contributed by atoms with van der Waals surface area (Å²) in [7, 11) is 0. The average Bonchev–Trinajstić information content (AvgIpc) is 2.94. The summed E-state index contributed by atoms with van der Waals surface area (Å²) in [6.45, 7) is 11.1. The molecule has 1 aliphatic carbocycles. The van der Waals surface area contributed by atoms with E-state index < -0.39 is 0 Å². The molecule has 0 aromatic heterocycles. The highest BCUT2D eigenvalue weighted by Crippen LogP contribution is 2.36. The van der Waals surface area contributed by atoms with E-state index in [2.05, 4.69) is 31.0 Å². The van der Waals surface area contributed by atoms with Gasteiger partial charge in [-0.1, -0.05) is 26.7 Å². The lowest BCUT2D eigenvalue weighted by Crippen LogP contribution is -2.40. The molecule has 1 aliphatic heterocycles. The number of hydrogen-bond donors (Lipinski definition) is 2. The van der Waals surface area contributed by atoms with Crippen LogP contribution in [0.15, 0.2) is 4.99 Å². The maximum absolute atomic E-state index is 9.30. The van der Waals surface area contributed by atoms with E-state index in [1.807, 2.05) is 0 Å². The molecule has 142 valence electrons. The van der Waals surface area contributed by atoms with Crippen LogP contribution in [0.3, 0.4) is 0 Å². The number of aliphatic imine (C=N–C) groups is 1. The van der Waals surface area contributed by atoms with Crippen LogP contribution in [0.2, 0.25) is 0 Å². The third-order valence-electron chi connectivity index (χ3n) is 5.45. The molecule has 0 radical (unpaired) electrons. The van der Waals surface area contributed by atoms with Gasteiger partial charge in [0.1, 0.15) is 0 Å². The van der Waals surface area contributed by atoms with Crippen molar-refractivity contribution < 1.29 is 5.11 Å². The van der Waals surface area contributed by atoms with Gasteiger partial charge in [-0.05, 0) is 56.3 Å². The fourth-order valence-electron chi connectivity index (χ4n) is 4.35. The molecule has 1 saturated heterocycles. The highest BCUT2D eigenvalue weighted by atomic mass is 127. The predicted octanol–water partition coefficient (Wildman–Crippen LogP) is 3.74. The summed E-state index contributed by atoms with van der Waals surface area (Å²) in [5, 5.41) is 12.8. The van der Waals surface area contributed by atoms with Crippen molar-refractivity contribution >= 4 is 29.9 Å². The molecule has 24 heavy (non-hydrogen) atoms. The molecule has 2 rings (SSSR count). The number of nitrogens with one attached hydrogen (secondary N) is 1. The first kappa shape index (κ1) is 22.0. The molecule has 2 N–H and O–H groups in total. The normalized spacial score (nSPS) is 25.4. The molecule has 0 amide bonds. The van der Waals surface area contributed by atoms with Crippen LogP contribution in [0.4, 0.5) is 0 Å². The number of hydrogen-bond acceptors (Lipinski definition) is 2. The highest BCUT2D eigenvalue weighted by molar-refractivity contribution is 14.0. The molecule has 0 bridgehead atoms. The van der Waals surface area contributed by atoms with Crippen LogP contribution < -0.4 is 5.32 Å². The van der Waals surface area contributed by atoms with Crippen LogP contribution in [0, 0.1) is 23.7 Å². The van der Waals surface area contributed by atoms with Crippen LogP contribution >= 0.6 is 24.0 Å². The molecular weight excluding hydrogens is 413 g/mol. The van der Waals surface area contributed by atoms with Crippen LogP contribution in [-0.2, 0) is 0 Å². The molecule has 2 fully saturated rings.